The molecule has 0 radical (unpaired) electrons. The number of nitrogens with zero attached hydrogens (tertiary/aromatic N) is 3. The highest BCUT2D eigenvalue weighted by Crippen LogP contribution is 2.38. The zero-order valence-corrected chi connectivity index (χ0v) is 17.5. The van der Waals surface area contributed by atoms with E-state index >= 15 is 0 Å². The molecular weight excluding hydrogens is 409 g/mol. The van der Waals surface area contributed by atoms with Crippen molar-refractivity contribution in [3.8, 4) is 5.75 Å². The van der Waals surface area contributed by atoms with Crippen LogP contribution in [-0.2, 0) is 4.79 Å². The summed E-state index contributed by atoms with van der Waals surface area (Å²) >= 11 is 12.5. The van der Waals surface area contributed by atoms with Crippen molar-refractivity contribution in [3.05, 3.63) is 69.8 Å². The maximum atomic E-state index is 12.6. The normalized spacial score (nSPS) is 16.2. The Morgan fingerprint density at radius 2 is 1.93 bits per heavy atom. The predicted octanol–water partition coefficient (Wildman–Crippen LogP) is 5.64. The van der Waals surface area contributed by atoms with Crippen LogP contribution in [0, 0.1) is 0 Å². The minimum Gasteiger partial charge on any atom is -0.497 e. The fourth-order valence-corrected chi connectivity index (χ4v) is 3.87. The highest BCUT2D eigenvalue weighted by molar-refractivity contribution is 6.31. The van der Waals surface area contributed by atoms with Gasteiger partial charge in [0.1, 0.15) is 10.9 Å². The Balaban J connectivity index is 1.77. The fraction of sp³-hybridized carbons (Fsp3) is 0.227. The SMILES string of the molecule is CCC(=O)N1N=C(c2ccc(Cl)cc2)C[C@@H]1c1cc2cc(OC)ccc2nc1Cl. The third-order valence-corrected chi connectivity index (χ3v) is 5.56. The van der Waals surface area contributed by atoms with E-state index in [1.165, 1.54) is 5.01 Å². The number of carbonyl (C=O) groups excluding carboxylic acids is 1. The van der Waals surface area contributed by atoms with Gasteiger partial charge in [0.25, 0.3) is 0 Å². The largest absolute Gasteiger partial charge is 0.497 e. The lowest BCUT2D eigenvalue weighted by molar-refractivity contribution is -0.132. The average molecular weight is 428 g/mol. The van der Waals surface area contributed by atoms with Crippen LogP contribution in [0.5, 0.6) is 5.75 Å². The molecule has 0 fully saturated rings. The second kappa shape index (κ2) is 8.01. The van der Waals surface area contributed by atoms with E-state index in [0.29, 0.717) is 23.0 Å². The number of aromatic nitrogens is 1. The van der Waals surface area contributed by atoms with Crippen molar-refractivity contribution in [1.29, 1.82) is 0 Å². The number of benzene rings is 2. The van der Waals surface area contributed by atoms with Crippen molar-refractivity contribution < 1.29 is 9.53 Å². The van der Waals surface area contributed by atoms with Crippen molar-refractivity contribution >= 4 is 45.7 Å². The Bertz CT molecular complexity index is 1110. The molecule has 2 heterocycles. The molecule has 2 aromatic carbocycles. The Morgan fingerprint density at radius 3 is 2.62 bits per heavy atom. The van der Waals surface area contributed by atoms with Gasteiger partial charge in [-0.1, -0.05) is 42.3 Å². The molecule has 0 spiro atoms. The highest BCUT2D eigenvalue weighted by atomic mass is 35.5. The summed E-state index contributed by atoms with van der Waals surface area (Å²) < 4.78 is 5.32. The molecule has 0 saturated carbocycles. The molecule has 7 heteroatoms. The van der Waals surface area contributed by atoms with E-state index in [2.05, 4.69) is 10.1 Å². The number of carbonyl (C=O) groups is 1. The van der Waals surface area contributed by atoms with E-state index in [4.69, 9.17) is 27.9 Å². The van der Waals surface area contributed by atoms with Gasteiger partial charge in [0.15, 0.2) is 0 Å². The van der Waals surface area contributed by atoms with Crippen LogP contribution in [-0.4, -0.2) is 28.7 Å². The van der Waals surface area contributed by atoms with Crippen LogP contribution < -0.4 is 4.74 Å². The first kappa shape index (κ1) is 19.7. The smallest absolute Gasteiger partial charge is 0.242 e. The number of pyridine rings is 1. The Labute approximate surface area is 178 Å². The summed E-state index contributed by atoms with van der Waals surface area (Å²) in [6, 6.07) is 14.7. The number of halogens is 2. The summed E-state index contributed by atoms with van der Waals surface area (Å²) in [5.74, 6) is 0.666. The van der Waals surface area contributed by atoms with Crippen LogP contribution in [0.1, 0.15) is 36.9 Å². The highest BCUT2D eigenvalue weighted by Gasteiger charge is 2.34. The van der Waals surface area contributed by atoms with Crippen LogP contribution in [0.2, 0.25) is 10.2 Å². The molecule has 1 aliphatic heterocycles. The molecule has 1 aliphatic rings. The maximum Gasteiger partial charge on any atom is 0.242 e. The van der Waals surface area contributed by atoms with Gasteiger partial charge in [-0.2, -0.15) is 5.10 Å². The van der Waals surface area contributed by atoms with Gasteiger partial charge in [-0.05, 0) is 42.0 Å². The quantitative estimate of drug-likeness (QED) is 0.506. The molecule has 148 valence electrons. The van der Waals surface area contributed by atoms with Gasteiger partial charge in [-0.25, -0.2) is 9.99 Å². The number of hydrazone groups is 1. The molecule has 0 bridgehead atoms. The van der Waals surface area contributed by atoms with Crippen molar-refractivity contribution in [1.82, 2.24) is 9.99 Å². The molecule has 0 unspecified atom stereocenters. The van der Waals surface area contributed by atoms with Crippen molar-refractivity contribution in [3.63, 3.8) is 0 Å². The molecule has 1 atom stereocenters. The van der Waals surface area contributed by atoms with Gasteiger partial charge < -0.3 is 4.74 Å². The second-order valence-electron chi connectivity index (χ2n) is 6.79. The molecule has 5 nitrogen and oxygen atoms in total. The number of fused-ring (bicyclic) bond motifs is 1. The second-order valence-corrected chi connectivity index (χ2v) is 7.59. The minimum atomic E-state index is -0.316. The van der Waals surface area contributed by atoms with Gasteiger partial charge in [-0.15, -0.1) is 0 Å². The first-order chi connectivity index (χ1) is 14.0. The summed E-state index contributed by atoms with van der Waals surface area (Å²) in [6.45, 7) is 1.82. The molecule has 4 rings (SSSR count). The first-order valence-electron chi connectivity index (χ1n) is 9.29. The molecule has 1 amide bonds. The van der Waals surface area contributed by atoms with Gasteiger partial charge in [-0.3, -0.25) is 4.79 Å². The first-order valence-corrected chi connectivity index (χ1v) is 10.1. The van der Waals surface area contributed by atoms with Gasteiger partial charge >= 0.3 is 0 Å². The van der Waals surface area contributed by atoms with Crippen LogP contribution in [0.15, 0.2) is 53.6 Å². The summed E-state index contributed by atoms with van der Waals surface area (Å²) in [7, 11) is 1.62. The third kappa shape index (κ3) is 3.80. The standard InChI is InChI=1S/C22H19Cl2N3O2/c1-3-21(28)27-20(12-19(26-27)13-4-6-15(23)7-5-13)17-11-14-10-16(29-2)8-9-18(14)25-22(17)24/h4-11,20H,3,12H2,1-2H3/t20-/m1/s1. The zero-order valence-electron chi connectivity index (χ0n) is 16.0. The molecule has 3 aromatic rings. The Hall–Kier alpha value is -2.63. The summed E-state index contributed by atoms with van der Waals surface area (Å²) in [4.78, 5) is 17.1. The lowest BCUT2D eigenvalue weighted by atomic mass is 9.98. The Morgan fingerprint density at radius 1 is 1.17 bits per heavy atom. The molecule has 1 aromatic heterocycles. The topological polar surface area (TPSA) is 54.8 Å². The van der Waals surface area contributed by atoms with Gasteiger partial charge in [0, 0.05) is 28.8 Å². The van der Waals surface area contributed by atoms with E-state index in [-0.39, 0.29) is 11.9 Å². The van der Waals surface area contributed by atoms with E-state index in [9.17, 15) is 4.79 Å². The zero-order chi connectivity index (χ0) is 20.5. The number of methoxy groups -OCH3 is 1. The summed E-state index contributed by atoms with van der Waals surface area (Å²) in [6.07, 6.45) is 0.893. The Kier molecular flexibility index (Phi) is 5.43. The predicted molar refractivity (Wildman–Crippen MR) is 116 cm³/mol. The van der Waals surface area contributed by atoms with Crippen LogP contribution in [0.3, 0.4) is 0 Å². The van der Waals surface area contributed by atoms with E-state index in [0.717, 1.165) is 33.5 Å². The molecule has 0 N–H and O–H groups in total. The van der Waals surface area contributed by atoms with E-state index < -0.39 is 0 Å². The van der Waals surface area contributed by atoms with E-state index in [1.54, 1.807) is 7.11 Å². The van der Waals surface area contributed by atoms with Crippen LogP contribution >= 0.6 is 23.2 Å². The number of rotatable bonds is 4. The molecule has 0 saturated heterocycles. The maximum absolute atomic E-state index is 12.6. The number of hydrogen-bond acceptors (Lipinski definition) is 4. The molecular formula is C22H19Cl2N3O2. The van der Waals surface area contributed by atoms with Crippen LogP contribution in [0.4, 0.5) is 0 Å². The summed E-state index contributed by atoms with van der Waals surface area (Å²) in [5, 5.41) is 8.06. The molecule has 29 heavy (non-hydrogen) atoms. The van der Waals surface area contributed by atoms with Crippen molar-refractivity contribution in [2.75, 3.05) is 7.11 Å². The third-order valence-electron chi connectivity index (χ3n) is 5.01. The lowest BCUT2D eigenvalue weighted by Gasteiger charge is -2.22. The molecule has 0 aliphatic carbocycles. The number of amides is 1. The number of ether oxygens (including phenoxy) is 1. The van der Waals surface area contributed by atoms with Gasteiger partial charge in [0.05, 0.1) is 24.4 Å². The van der Waals surface area contributed by atoms with E-state index in [1.807, 2.05) is 55.5 Å². The minimum absolute atomic E-state index is 0.0687. The number of hydrogen-bond donors (Lipinski definition) is 0. The summed E-state index contributed by atoms with van der Waals surface area (Å²) in [5.41, 5.74) is 3.28. The van der Waals surface area contributed by atoms with Crippen LogP contribution in [0.25, 0.3) is 10.9 Å². The van der Waals surface area contributed by atoms with Crippen molar-refractivity contribution in [2.45, 2.75) is 25.8 Å². The monoisotopic (exact) mass is 427 g/mol. The fourth-order valence-electron chi connectivity index (χ4n) is 3.47. The lowest BCUT2D eigenvalue weighted by Crippen LogP contribution is -2.26. The van der Waals surface area contributed by atoms with Gasteiger partial charge in [0.2, 0.25) is 5.91 Å². The van der Waals surface area contributed by atoms with Crippen molar-refractivity contribution in [2.24, 2.45) is 5.10 Å². The average Bonchev–Trinajstić information content (AvgIpc) is 3.18.